The van der Waals surface area contributed by atoms with Gasteiger partial charge < -0.3 is 4.74 Å². The van der Waals surface area contributed by atoms with E-state index in [0.29, 0.717) is 0 Å². The highest BCUT2D eigenvalue weighted by atomic mass is 79.9. The number of alkyl halides is 1. The summed E-state index contributed by atoms with van der Waals surface area (Å²) < 4.78 is 5.66. The maximum absolute atomic E-state index is 5.66. The second kappa shape index (κ2) is 6.89. The second-order valence-electron chi connectivity index (χ2n) is 4.03. The van der Waals surface area contributed by atoms with Crippen molar-refractivity contribution < 1.29 is 4.74 Å². The van der Waals surface area contributed by atoms with Crippen molar-refractivity contribution in [3.8, 4) is 5.75 Å². The van der Waals surface area contributed by atoms with Crippen molar-refractivity contribution in [3.05, 3.63) is 29.8 Å². The van der Waals surface area contributed by atoms with Crippen molar-refractivity contribution in [3.63, 3.8) is 0 Å². The molecule has 1 aromatic carbocycles. The maximum Gasteiger partial charge on any atom is 0.119 e. The normalized spacial score (nSPS) is 12.5. The zero-order valence-corrected chi connectivity index (χ0v) is 11.1. The third kappa shape index (κ3) is 5.22. The lowest BCUT2D eigenvalue weighted by atomic mass is 10.1. The molecule has 0 aliphatic carbocycles. The van der Waals surface area contributed by atoms with Gasteiger partial charge in [0.05, 0.1) is 6.61 Å². The standard InChI is InChI=1S/C13H19BrO/c1-11-3-5-13(6-4-11)15-10-8-12(2)7-9-14/h3-6,12H,7-10H2,1-2H3. The molecule has 1 atom stereocenters. The van der Waals surface area contributed by atoms with E-state index in [0.717, 1.165) is 30.0 Å². The van der Waals surface area contributed by atoms with Crippen LogP contribution in [0.15, 0.2) is 24.3 Å². The summed E-state index contributed by atoms with van der Waals surface area (Å²) in [4.78, 5) is 0. The molecule has 15 heavy (non-hydrogen) atoms. The molecule has 1 aromatic rings. The quantitative estimate of drug-likeness (QED) is 0.705. The predicted molar refractivity (Wildman–Crippen MR) is 68.9 cm³/mol. The predicted octanol–water partition coefficient (Wildman–Crippen LogP) is 4.19. The van der Waals surface area contributed by atoms with Gasteiger partial charge in [0.2, 0.25) is 0 Å². The van der Waals surface area contributed by atoms with Gasteiger partial charge in [-0.1, -0.05) is 40.5 Å². The van der Waals surface area contributed by atoms with Gasteiger partial charge >= 0.3 is 0 Å². The molecular formula is C13H19BrO. The van der Waals surface area contributed by atoms with Crippen molar-refractivity contribution in [1.82, 2.24) is 0 Å². The van der Waals surface area contributed by atoms with Crippen LogP contribution in [0.4, 0.5) is 0 Å². The minimum atomic E-state index is 0.731. The van der Waals surface area contributed by atoms with E-state index in [1.54, 1.807) is 0 Å². The molecule has 0 aliphatic rings. The smallest absolute Gasteiger partial charge is 0.119 e. The topological polar surface area (TPSA) is 9.23 Å². The van der Waals surface area contributed by atoms with E-state index in [1.165, 1.54) is 12.0 Å². The highest BCUT2D eigenvalue weighted by Crippen LogP contribution is 2.14. The van der Waals surface area contributed by atoms with Crippen molar-refractivity contribution in [2.75, 3.05) is 11.9 Å². The summed E-state index contributed by atoms with van der Waals surface area (Å²) in [5, 5.41) is 1.08. The molecule has 0 bridgehead atoms. The van der Waals surface area contributed by atoms with Crippen molar-refractivity contribution in [1.29, 1.82) is 0 Å². The third-order valence-electron chi connectivity index (χ3n) is 2.50. The number of halogens is 1. The van der Waals surface area contributed by atoms with Gasteiger partial charge in [-0.15, -0.1) is 0 Å². The first-order chi connectivity index (χ1) is 7.22. The van der Waals surface area contributed by atoms with Crippen LogP contribution < -0.4 is 4.74 Å². The highest BCUT2D eigenvalue weighted by Gasteiger charge is 2.01. The number of ether oxygens (including phenoxy) is 1. The first kappa shape index (κ1) is 12.6. The van der Waals surface area contributed by atoms with E-state index in [4.69, 9.17) is 4.74 Å². The Morgan fingerprint density at radius 1 is 1.20 bits per heavy atom. The molecule has 0 saturated heterocycles. The summed E-state index contributed by atoms with van der Waals surface area (Å²) in [7, 11) is 0. The molecule has 1 unspecified atom stereocenters. The Hall–Kier alpha value is -0.500. The zero-order chi connectivity index (χ0) is 11.1. The molecule has 84 valence electrons. The first-order valence-corrected chi connectivity index (χ1v) is 6.60. The molecule has 0 aliphatic heterocycles. The Bertz CT molecular complexity index is 268. The number of aryl methyl sites for hydroxylation is 1. The van der Waals surface area contributed by atoms with Crippen LogP contribution in [0.5, 0.6) is 5.75 Å². The van der Waals surface area contributed by atoms with Crippen LogP contribution in [0.25, 0.3) is 0 Å². The molecule has 0 heterocycles. The fraction of sp³-hybridized carbons (Fsp3) is 0.538. The molecule has 0 aromatic heterocycles. The van der Waals surface area contributed by atoms with Gasteiger partial charge in [0.25, 0.3) is 0 Å². The number of benzene rings is 1. The molecule has 0 saturated carbocycles. The summed E-state index contributed by atoms with van der Waals surface area (Å²) in [6.07, 6.45) is 2.34. The Morgan fingerprint density at radius 3 is 2.47 bits per heavy atom. The largest absolute Gasteiger partial charge is 0.494 e. The van der Waals surface area contributed by atoms with Gasteiger partial charge in [0, 0.05) is 5.33 Å². The molecular weight excluding hydrogens is 252 g/mol. The Labute approximate surface area is 101 Å². The van der Waals surface area contributed by atoms with Crippen molar-refractivity contribution in [2.45, 2.75) is 26.7 Å². The maximum atomic E-state index is 5.66. The number of hydrogen-bond acceptors (Lipinski definition) is 1. The van der Waals surface area contributed by atoms with Gasteiger partial charge in [-0.25, -0.2) is 0 Å². The van der Waals surface area contributed by atoms with Crippen LogP contribution in [0.2, 0.25) is 0 Å². The minimum Gasteiger partial charge on any atom is -0.494 e. The van der Waals surface area contributed by atoms with Crippen LogP contribution >= 0.6 is 15.9 Å². The Kier molecular flexibility index (Phi) is 5.77. The van der Waals surface area contributed by atoms with Gasteiger partial charge in [0.15, 0.2) is 0 Å². The number of hydrogen-bond donors (Lipinski definition) is 0. The second-order valence-corrected chi connectivity index (χ2v) is 4.83. The van der Waals surface area contributed by atoms with Crippen LogP contribution in [0, 0.1) is 12.8 Å². The fourth-order valence-corrected chi connectivity index (χ4v) is 2.12. The third-order valence-corrected chi connectivity index (χ3v) is 2.96. The summed E-state index contributed by atoms with van der Waals surface area (Å²) in [5.41, 5.74) is 1.27. The molecule has 1 rings (SSSR count). The summed E-state index contributed by atoms with van der Waals surface area (Å²) >= 11 is 3.45. The average Bonchev–Trinajstić information content (AvgIpc) is 2.21. The van der Waals surface area contributed by atoms with E-state index in [1.807, 2.05) is 12.1 Å². The van der Waals surface area contributed by atoms with Crippen LogP contribution in [-0.4, -0.2) is 11.9 Å². The van der Waals surface area contributed by atoms with Crippen LogP contribution in [0.3, 0.4) is 0 Å². The van der Waals surface area contributed by atoms with Crippen LogP contribution in [0.1, 0.15) is 25.3 Å². The number of rotatable bonds is 6. The molecule has 0 radical (unpaired) electrons. The Morgan fingerprint density at radius 2 is 1.87 bits per heavy atom. The van der Waals surface area contributed by atoms with E-state index >= 15 is 0 Å². The lowest BCUT2D eigenvalue weighted by Gasteiger charge is -2.10. The lowest BCUT2D eigenvalue weighted by molar-refractivity contribution is 0.282. The van der Waals surface area contributed by atoms with Crippen LogP contribution in [-0.2, 0) is 0 Å². The zero-order valence-electron chi connectivity index (χ0n) is 9.50. The highest BCUT2D eigenvalue weighted by molar-refractivity contribution is 9.09. The monoisotopic (exact) mass is 270 g/mol. The molecule has 2 heteroatoms. The molecule has 0 fully saturated rings. The Balaban J connectivity index is 2.22. The van der Waals surface area contributed by atoms with Gasteiger partial charge in [-0.05, 0) is 37.8 Å². The van der Waals surface area contributed by atoms with Crippen molar-refractivity contribution in [2.24, 2.45) is 5.92 Å². The van der Waals surface area contributed by atoms with E-state index < -0.39 is 0 Å². The van der Waals surface area contributed by atoms with E-state index in [2.05, 4.69) is 41.9 Å². The van der Waals surface area contributed by atoms with E-state index in [9.17, 15) is 0 Å². The molecule has 0 N–H and O–H groups in total. The first-order valence-electron chi connectivity index (χ1n) is 5.48. The lowest BCUT2D eigenvalue weighted by Crippen LogP contribution is -2.04. The fourth-order valence-electron chi connectivity index (χ4n) is 1.34. The summed E-state index contributed by atoms with van der Waals surface area (Å²) in [6.45, 7) is 5.17. The van der Waals surface area contributed by atoms with Gasteiger partial charge in [-0.3, -0.25) is 0 Å². The van der Waals surface area contributed by atoms with Crippen molar-refractivity contribution >= 4 is 15.9 Å². The summed E-state index contributed by atoms with van der Waals surface area (Å²) in [6, 6.07) is 8.23. The summed E-state index contributed by atoms with van der Waals surface area (Å²) in [5.74, 6) is 1.71. The molecule has 0 spiro atoms. The minimum absolute atomic E-state index is 0.731. The van der Waals surface area contributed by atoms with Gasteiger partial charge in [-0.2, -0.15) is 0 Å². The molecule has 0 amide bonds. The average molecular weight is 271 g/mol. The molecule has 1 nitrogen and oxygen atoms in total. The van der Waals surface area contributed by atoms with E-state index in [-0.39, 0.29) is 0 Å². The SMILES string of the molecule is Cc1ccc(OCCC(C)CCBr)cc1. The van der Waals surface area contributed by atoms with Gasteiger partial charge in [0.1, 0.15) is 5.75 Å².